The van der Waals surface area contributed by atoms with E-state index in [1.54, 1.807) is 24.3 Å². The summed E-state index contributed by atoms with van der Waals surface area (Å²) < 4.78 is 41.6. The van der Waals surface area contributed by atoms with Crippen LogP contribution in [0, 0.1) is 12.7 Å². The van der Waals surface area contributed by atoms with Crippen molar-refractivity contribution in [2.45, 2.75) is 11.8 Å². The summed E-state index contributed by atoms with van der Waals surface area (Å²) in [6.45, 7) is 1.92. The van der Waals surface area contributed by atoms with E-state index in [1.807, 2.05) is 19.1 Å². The highest BCUT2D eigenvalue weighted by molar-refractivity contribution is 7.93. The molecular weight excluding hydrogens is 419 g/mol. The Kier molecular flexibility index (Phi) is 6.60. The van der Waals surface area contributed by atoms with Crippen molar-refractivity contribution < 1.29 is 22.9 Å². The molecule has 3 rings (SSSR count). The minimum Gasteiger partial charge on any atom is -0.493 e. The molecule has 3 aromatic carbocycles. The third kappa shape index (κ3) is 5.21. The van der Waals surface area contributed by atoms with Gasteiger partial charge in [0.2, 0.25) is 0 Å². The van der Waals surface area contributed by atoms with Crippen LogP contribution in [0.3, 0.4) is 0 Å². The maximum atomic E-state index is 13.9. The average Bonchev–Trinajstić information content (AvgIpc) is 2.76. The third-order valence-corrected chi connectivity index (χ3v) is 6.44. The van der Waals surface area contributed by atoms with Gasteiger partial charge in [0.1, 0.15) is 5.82 Å². The van der Waals surface area contributed by atoms with Gasteiger partial charge >= 0.3 is 0 Å². The highest BCUT2D eigenvalue weighted by Gasteiger charge is 2.15. The Morgan fingerprint density at radius 3 is 2.48 bits per heavy atom. The maximum Gasteiger partial charge on any atom is 0.255 e. The lowest BCUT2D eigenvalue weighted by atomic mass is 10.2. The van der Waals surface area contributed by atoms with Gasteiger partial charge in [0.05, 0.1) is 22.5 Å². The van der Waals surface area contributed by atoms with E-state index < -0.39 is 21.5 Å². The molecular formula is C23H23FN2O4S. The van der Waals surface area contributed by atoms with Gasteiger partial charge in [-0.25, -0.2) is 13.0 Å². The molecule has 1 N–H and O–H groups in total. The SMILES string of the molecule is CN=S(C)(=O)c1cccc(C(=O)Nc2cc(F)ccc2Oc2ccc(C)cc2OC)c1. The minimum absolute atomic E-state index is 0.149. The first-order chi connectivity index (χ1) is 14.7. The number of nitrogens with one attached hydrogen (secondary N) is 1. The number of anilines is 1. The van der Waals surface area contributed by atoms with Gasteiger partial charge in [0.15, 0.2) is 17.2 Å². The molecule has 31 heavy (non-hydrogen) atoms. The standard InChI is InChI=1S/C23H23FN2O4S/c1-15-8-10-21(22(12-15)29-3)30-20-11-9-17(24)14-19(20)26-23(27)16-6-5-7-18(13-16)31(4,28)25-2/h5-14H,1-4H3,(H,26,27). The quantitative estimate of drug-likeness (QED) is 0.564. The number of ether oxygens (including phenoxy) is 2. The molecule has 0 aliphatic carbocycles. The molecule has 0 aromatic heterocycles. The van der Waals surface area contributed by atoms with Crippen LogP contribution in [0.2, 0.25) is 0 Å². The molecule has 8 heteroatoms. The van der Waals surface area contributed by atoms with Gasteiger partial charge in [-0.15, -0.1) is 0 Å². The Morgan fingerprint density at radius 1 is 1.03 bits per heavy atom. The van der Waals surface area contributed by atoms with E-state index in [1.165, 1.54) is 44.7 Å². The van der Waals surface area contributed by atoms with Crippen molar-refractivity contribution in [3.8, 4) is 17.2 Å². The first-order valence-corrected chi connectivity index (χ1v) is 11.3. The summed E-state index contributed by atoms with van der Waals surface area (Å²) in [6.07, 6.45) is 1.50. The number of amides is 1. The molecule has 0 saturated heterocycles. The van der Waals surface area contributed by atoms with E-state index in [0.29, 0.717) is 16.4 Å². The van der Waals surface area contributed by atoms with E-state index in [9.17, 15) is 13.4 Å². The van der Waals surface area contributed by atoms with Crippen molar-refractivity contribution in [1.29, 1.82) is 0 Å². The van der Waals surface area contributed by atoms with Gasteiger partial charge in [0.25, 0.3) is 5.91 Å². The number of halogens is 1. The maximum absolute atomic E-state index is 13.9. The second kappa shape index (κ2) is 9.18. The molecule has 0 aliphatic heterocycles. The zero-order valence-corrected chi connectivity index (χ0v) is 18.5. The Labute approximate surface area is 181 Å². The molecule has 0 radical (unpaired) electrons. The minimum atomic E-state index is -2.60. The molecule has 0 spiro atoms. The van der Waals surface area contributed by atoms with Crippen molar-refractivity contribution in [3.05, 3.63) is 77.6 Å². The summed E-state index contributed by atoms with van der Waals surface area (Å²) in [7, 11) is 0.390. The predicted octanol–water partition coefficient (Wildman–Crippen LogP) is 5.27. The van der Waals surface area contributed by atoms with Crippen LogP contribution in [0.4, 0.5) is 10.1 Å². The summed E-state index contributed by atoms with van der Waals surface area (Å²) in [5.41, 5.74) is 1.40. The van der Waals surface area contributed by atoms with Gasteiger partial charge in [-0.1, -0.05) is 12.1 Å². The van der Waals surface area contributed by atoms with Crippen LogP contribution in [-0.4, -0.2) is 30.5 Å². The third-order valence-electron chi connectivity index (χ3n) is 4.61. The van der Waals surface area contributed by atoms with Gasteiger partial charge in [0, 0.05) is 29.8 Å². The number of aryl methyl sites for hydroxylation is 1. The fourth-order valence-corrected chi connectivity index (χ4v) is 3.73. The number of hydrogen-bond acceptors (Lipinski definition) is 5. The van der Waals surface area contributed by atoms with Crippen LogP contribution in [0.25, 0.3) is 0 Å². The lowest BCUT2D eigenvalue weighted by Gasteiger charge is -2.15. The summed E-state index contributed by atoms with van der Waals surface area (Å²) in [4.78, 5) is 13.3. The number of methoxy groups -OCH3 is 1. The normalized spacial score (nSPS) is 12.5. The Hall–Kier alpha value is -3.39. The fraction of sp³-hybridized carbons (Fsp3) is 0.174. The van der Waals surface area contributed by atoms with Crippen molar-refractivity contribution in [2.75, 3.05) is 25.7 Å². The van der Waals surface area contributed by atoms with Crippen molar-refractivity contribution in [1.82, 2.24) is 0 Å². The molecule has 1 amide bonds. The summed E-state index contributed by atoms with van der Waals surface area (Å²) in [5, 5.41) is 2.67. The lowest BCUT2D eigenvalue weighted by Crippen LogP contribution is -2.13. The van der Waals surface area contributed by atoms with E-state index >= 15 is 0 Å². The smallest absolute Gasteiger partial charge is 0.255 e. The van der Waals surface area contributed by atoms with Gasteiger partial charge in [-0.05, 0) is 55.0 Å². The molecule has 0 heterocycles. The molecule has 0 bridgehead atoms. The van der Waals surface area contributed by atoms with Gasteiger partial charge in [-0.2, -0.15) is 0 Å². The Balaban J connectivity index is 1.93. The van der Waals surface area contributed by atoms with E-state index in [2.05, 4.69) is 9.68 Å². The van der Waals surface area contributed by atoms with E-state index in [-0.39, 0.29) is 17.0 Å². The summed E-state index contributed by atoms with van der Waals surface area (Å²) in [6, 6.07) is 15.6. The molecule has 0 aliphatic rings. The van der Waals surface area contributed by atoms with Gasteiger partial charge in [-0.3, -0.25) is 4.79 Å². The van der Waals surface area contributed by atoms with Crippen LogP contribution in [0.15, 0.2) is 69.9 Å². The summed E-state index contributed by atoms with van der Waals surface area (Å²) in [5.74, 6) is 0.145. The van der Waals surface area contributed by atoms with E-state index in [4.69, 9.17) is 9.47 Å². The largest absolute Gasteiger partial charge is 0.493 e. The fourth-order valence-electron chi connectivity index (χ4n) is 2.84. The van der Waals surface area contributed by atoms with Crippen LogP contribution < -0.4 is 14.8 Å². The zero-order valence-electron chi connectivity index (χ0n) is 17.6. The number of carbonyl (C=O) groups excluding carboxylic acids is 1. The molecule has 1 atom stereocenters. The van der Waals surface area contributed by atoms with Crippen molar-refractivity contribution >= 4 is 21.3 Å². The highest BCUT2D eigenvalue weighted by atomic mass is 32.2. The molecule has 162 valence electrons. The van der Waals surface area contributed by atoms with Crippen molar-refractivity contribution in [3.63, 3.8) is 0 Å². The monoisotopic (exact) mass is 442 g/mol. The number of nitrogens with zero attached hydrogens (tertiary/aromatic N) is 1. The first kappa shape index (κ1) is 22.3. The van der Waals surface area contributed by atoms with Crippen LogP contribution in [-0.2, 0) is 9.73 Å². The Morgan fingerprint density at radius 2 is 1.77 bits per heavy atom. The van der Waals surface area contributed by atoms with Gasteiger partial charge < -0.3 is 14.8 Å². The molecule has 0 saturated carbocycles. The number of hydrogen-bond donors (Lipinski definition) is 1. The van der Waals surface area contributed by atoms with Crippen LogP contribution in [0.1, 0.15) is 15.9 Å². The number of benzene rings is 3. The zero-order chi connectivity index (χ0) is 22.6. The number of carbonyl (C=O) groups is 1. The van der Waals surface area contributed by atoms with E-state index in [0.717, 1.165) is 5.56 Å². The molecule has 3 aromatic rings. The average molecular weight is 443 g/mol. The first-order valence-electron chi connectivity index (χ1n) is 9.37. The molecule has 0 fully saturated rings. The number of rotatable bonds is 6. The second-order valence-electron chi connectivity index (χ2n) is 6.86. The lowest BCUT2D eigenvalue weighted by molar-refractivity contribution is 0.102. The molecule has 6 nitrogen and oxygen atoms in total. The topological polar surface area (TPSA) is 77.0 Å². The summed E-state index contributed by atoms with van der Waals surface area (Å²) >= 11 is 0. The van der Waals surface area contributed by atoms with Crippen LogP contribution >= 0.6 is 0 Å². The predicted molar refractivity (Wildman–Crippen MR) is 119 cm³/mol. The Bertz CT molecular complexity index is 1250. The van der Waals surface area contributed by atoms with Crippen molar-refractivity contribution in [2.24, 2.45) is 4.36 Å². The molecule has 1 unspecified atom stereocenters. The van der Waals surface area contributed by atoms with Crippen LogP contribution in [0.5, 0.6) is 17.2 Å². The highest BCUT2D eigenvalue weighted by Crippen LogP contribution is 2.36. The second-order valence-corrected chi connectivity index (χ2v) is 9.31.